The maximum atomic E-state index is 12.6. The van der Waals surface area contributed by atoms with Crippen LogP contribution in [-0.2, 0) is 20.7 Å². The van der Waals surface area contributed by atoms with E-state index in [2.05, 4.69) is 11.4 Å². The van der Waals surface area contributed by atoms with Crippen molar-refractivity contribution in [1.82, 2.24) is 4.90 Å². The zero-order valence-corrected chi connectivity index (χ0v) is 12.2. The molecule has 2 heterocycles. The van der Waals surface area contributed by atoms with Crippen molar-refractivity contribution in [3.05, 3.63) is 29.8 Å². The summed E-state index contributed by atoms with van der Waals surface area (Å²) in [6.07, 6.45) is 2.13. The first-order valence-corrected chi connectivity index (χ1v) is 7.40. The number of amides is 1. The molecule has 0 saturated carbocycles. The SMILES string of the molecule is COC(=O)C1CCN(C(=O)[C@@H]2Cc3ccccc3N2)CC1. The fraction of sp³-hybridized carbons (Fsp3) is 0.500. The first kappa shape index (κ1) is 13.9. The molecule has 0 spiro atoms. The van der Waals surface area contributed by atoms with Gasteiger partial charge in [0.15, 0.2) is 0 Å². The number of carbonyl (C=O) groups is 2. The van der Waals surface area contributed by atoms with Gasteiger partial charge in [-0.1, -0.05) is 18.2 Å². The van der Waals surface area contributed by atoms with Crippen molar-refractivity contribution in [2.24, 2.45) is 5.92 Å². The lowest BCUT2D eigenvalue weighted by atomic mass is 9.96. The second-order valence-corrected chi connectivity index (χ2v) is 5.68. The second-order valence-electron chi connectivity index (χ2n) is 5.68. The van der Waals surface area contributed by atoms with Gasteiger partial charge in [-0.3, -0.25) is 9.59 Å². The molecular weight excluding hydrogens is 268 g/mol. The van der Waals surface area contributed by atoms with Crippen molar-refractivity contribution in [2.75, 3.05) is 25.5 Å². The van der Waals surface area contributed by atoms with E-state index in [0.29, 0.717) is 25.9 Å². The van der Waals surface area contributed by atoms with Gasteiger partial charge in [0.1, 0.15) is 6.04 Å². The first-order valence-electron chi connectivity index (χ1n) is 7.40. The molecule has 1 fully saturated rings. The summed E-state index contributed by atoms with van der Waals surface area (Å²) >= 11 is 0. The zero-order valence-electron chi connectivity index (χ0n) is 12.2. The summed E-state index contributed by atoms with van der Waals surface area (Å²) in [5.41, 5.74) is 2.25. The maximum absolute atomic E-state index is 12.6. The molecule has 0 radical (unpaired) electrons. The number of carbonyl (C=O) groups excluding carboxylic acids is 2. The van der Waals surface area contributed by atoms with E-state index in [9.17, 15) is 9.59 Å². The maximum Gasteiger partial charge on any atom is 0.308 e. The minimum atomic E-state index is -0.169. The van der Waals surface area contributed by atoms with E-state index in [1.807, 2.05) is 23.1 Å². The Kier molecular flexibility index (Phi) is 3.82. The van der Waals surface area contributed by atoms with E-state index in [0.717, 1.165) is 12.1 Å². The second kappa shape index (κ2) is 5.76. The molecule has 0 bridgehead atoms. The predicted molar refractivity (Wildman–Crippen MR) is 78.9 cm³/mol. The quantitative estimate of drug-likeness (QED) is 0.837. The van der Waals surface area contributed by atoms with Gasteiger partial charge in [-0.25, -0.2) is 0 Å². The summed E-state index contributed by atoms with van der Waals surface area (Å²) in [7, 11) is 1.42. The van der Waals surface area contributed by atoms with Crippen LogP contribution in [0.1, 0.15) is 18.4 Å². The number of fused-ring (bicyclic) bond motifs is 1. The van der Waals surface area contributed by atoms with Crippen molar-refractivity contribution in [3.8, 4) is 0 Å². The molecule has 1 N–H and O–H groups in total. The molecule has 21 heavy (non-hydrogen) atoms. The zero-order chi connectivity index (χ0) is 14.8. The average Bonchev–Trinajstić information content (AvgIpc) is 2.97. The Hall–Kier alpha value is -2.04. The molecule has 2 aliphatic rings. The third kappa shape index (κ3) is 2.73. The van der Waals surface area contributed by atoms with Crippen LogP contribution >= 0.6 is 0 Å². The number of ether oxygens (including phenoxy) is 1. The van der Waals surface area contributed by atoms with E-state index in [-0.39, 0.29) is 23.8 Å². The summed E-state index contributed by atoms with van der Waals surface area (Å²) in [6, 6.07) is 7.86. The summed E-state index contributed by atoms with van der Waals surface area (Å²) in [6.45, 7) is 1.26. The highest BCUT2D eigenvalue weighted by atomic mass is 16.5. The van der Waals surface area contributed by atoms with Crippen molar-refractivity contribution in [3.63, 3.8) is 0 Å². The molecule has 112 valence electrons. The number of rotatable bonds is 2. The molecule has 1 aromatic rings. The molecule has 1 saturated heterocycles. The molecular formula is C16H20N2O3. The Morgan fingerprint density at radius 1 is 1.24 bits per heavy atom. The number of methoxy groups -OCH3 is 1. The number of para-hydroxylation sites is 1. The van der Waals surface area contributed by atoms with Crippen LogP contribution in [0.4, 0.5) is 5.69 Å². The lowest BCUT2D eigenvalue weighted by Gasteiger charge is -2.32. The number of anilines is 1. The number of hydrogen-bond donors (Lipinski definition) is 1. The monoisotopic (exact) mass is 288 g/mol. The molecule has 0 aliphatic carbocycles. The number of piperidine rings is 1. The van der Waals surface area contributed by atoms with Gasteiger partial charge in [-0.05, 0) is 24.5 Å². The van der Waals surface area contributed by atoms with E-state index in [4.69, 9.17) is 4.74 Å². The van der Waals surface area contributed by atoms with Crippen molar-refractivity contribution >= 4 is 17.6 Å². The van der Waals surface area contributed by atoms with Crippen molar-refractivity contribution < 1.29 is 14.3 Å². The Balaban J connectivity index is 1.57. The normalized spacial score (nSPS) is 21.6. The Morgan fingerprint density at radius 2 is 1.95 bits per heavy atom. The Morgan fingerprint density at radius 3 is 2.62 bits per heavy atom. The highest BCUT2D eigenvalue weighted by molar-refractivity contribution is 5.87. The summed E-state index contributed by atoms with van der Waals surface area (Å²) in [5.74, 6) is -0.0872. The lowest BCUT2D eigenvalue weighted by molar-refractivity contribution is -0.149. The van der Waals surface area contributed by atoms with Gasteiger partial charge in [0.2, 0.25) is 5.91 Å². The lowest BCUT2D eigenvalue weighted by Crippen LogP contribution is -2.46. The van der Waals surface area contributed by atoms with E-state index in [1.165, 1.54) is 12.7 Å². The largest absolute Gasteiger partial charge is 0.469 e. The fourth-order valence-electron chi connectivity index (χ4n) is 3.17. The number of hydrogen-bond acceptors (Lipinski definition) is 4. The van der Waals surface area contributed by atoms with Crippen LogP contribution in [0.15, 0.2) is 24.3 Å². The van der Waals surface area contributed by atoms with Gasteiger partial charge in [0.25, 0.3) is 0 Å². The molecule has 5 nitrogen and oxygen atoms in total. The van der Waals surface area contributed by atoms with E-state index < -0.39 is 0 Å². The number of likely N-dealkylation sites (tertiary alicyclic amines) is 1. The molecule has 3 rings (SSSR count). The first-order chi connectivity index (χ1) is 10.2. The number of nitrogens with one attached hydrogen (secondary N) is 1. The number of benzene rings is 1. The third-order valence-electron chi connectivity index (χ3n) is 4.41. The average molecular weight is 288 g/mol. The van der Waals surface area contributed by atoms with Gasteiger partial charge in [0, 0.05) is 25.2 Å². The van der Waals surface area contributed by atoms with Crippen LogP contribution in [0, 0.1) is 5.92 Å². The van der Waals surface area contributed by atoms with Gasteiger partial charge in [-0.2, -0.15) is 0 Å². The van der Waals surface area contributed by atoms with Gasteiger partial charge in [0.05, 0.1) is 13.0 Å². The standard InChI is InChI=1S/C16H20N2O3/c1-21-16(20)11-6-8-18(9-7-11)15(19)14-10-12-4-2-3-5-13(12)17-14/h2-5,11,14,17H,6-10H2,1H3/t14-/m0/s1. The summed E-state index contributed by atoms with van der Waals surface area (Å²) in [5, 5.41) is 3.29. The van der Waals surface area contributed by atoms with Crippen LogP contribution in [0.2, 0.25) is 0 Å². The molecule has 1 atom stereocenters. The van der Waals surface area contributed by atoms with Crippen LogP contribution in [0.25, 0.3) is 0 Å². The Labute approximate surface area is 124 Å². The van der Waals surface area contributed by atoms with Gasteiger partial charge < -0.3 is 15.0 Å². The highest BCUT2D eigenvalue weighted by Crippen LogP contribution is 2.27. The van der Waals surface area contributed by atoms with E-state index >= 15 is 0 Å². The number of nitrogens with zero attached hydrogens (tertiary/aromatic N) is 1. The molecule has 1 amide bonds. The number of esters is 1. The molecule has 2 aliphatic heterocycles. The highest BCUT2D eigenvalue weighted by Gasteiger charge is 2.33. The molecule has 5 heteroatoms. The molecule has 0 aromatic heterocycles. The minimum absolute atomic E-state index is 0.0622. The summed E-state index contributed by atoms with van der Waals surface area (Å²) in [4.78, 5) is 25.9. The van der Waals surface area contributed by atoms with Crippen molar-refractivity contribution in [2.45, 2.75) is 25.3 Å². The van der Waals surface area contributed by atoms with E-state index in [1.54, 1.807) is 0 Å². The third-order valence-corrected chi connectivity index (χ3v) is 4.41. The predicted octanol–water partition coefficient (Wildman–Crippen LogP) is 1.43. The van der Waals surface area contributed by atoms with Crippen LogP contribution in [-0.4, -0.2) is 43.0 Å². The topological polar surface area (TPSA) is 58.6 Å². The Bertz CT molecular complexity index is 525. The van der Waals surface area contributed by atoms with Crippen LogP contribution in [0.5, 0.6) is 0 Å². The van der Waals surface area contributed by atoms with Crippen LogP contribution < -0.4 is 5.32 Å². The van der Waals surface area contributed by atoms with Gasteiger partial charge >= 0.3 is 5.97 Å². The molecule has 1 aromatic carbocycles. The van der Waals surface area contributed by atoms with Crippen molar-refractivity contribution in [1.29, 1.82) is 0 Å². The smallest absolute Gasteiger partial charge is 0.308 e. The fourth-order valence-corrected chi connectivity index (χ4v) is 3.17. The van der Waals surface area contributed by atoms with Gasteiger partial charge in [-0.15, -0.1) is 0 Å². The molecule has 0 unspecified atom stereocenters. The van der Waals surface area contributed by atoms with Crippen LogP contribution in [0.3, 0.4) is 0 Å². The summed E-state index contributed by atoms with van der Waals surface area (Å²) < 4.78 is 4.77. The minimum Gasteiger partial charge on any atom is -0.469 e.